The molecule has 0 spiro atoms. The van der Waals surface area contributed by atoms with Crippen LogP contribution in [-0.2, 0) is 12.8 Å². The van der Waals surface area contributed by atoms with Gasteiger partial charge < -0.3 is 9.47 Å². The Hall–Kier alpha value is -1.97. The second-order valence-corrected chi connectivity index (χ2v) is 7.74. The van der Waals surface area contributed by atoms with Gasteiger partial charge >= 0.3 is 0 Å². The Labute approximate surface area is 166 Å². The molecule has 1 aliphatic heterocycles. The standard InChI is InChI=1S/C22H18BrClO2/c23-18-7-10-21(24)17(12-18)11-15-5-8-19(9-6-15)25-14-20-13-16-3-1-2-4-22(16)26-20/h1-10,12,20H,11,13-14H2/t20-/m0/s1. The number of rotatable bonds is 5. The highest BCUT2D eigenvalue weighted by atomic mass is 79.9. The van der Waals surface area contributed by atoms with E-state index in [1.54, 1.807) is 0 Å². The molecule has 0 fully saturated rings. The highest BCUT2D eigenvalue weighted by molar-refractivity contribution is 9.10. The third kappa shape index (κ3) is 4.05. The first-order valence-corrected chi connectivity index (χ1v) is 9.75. The maximum absolute atomic E-state index is 6.28. The molecule has 3 aromatic carbocycles. The minimum Gasteiger partial charge on any atom is -0.490 e. The van der Waals surface area contributed by atoms with E-state index in [4.69, 9.17) is 21.1 Å². The number of halogens is 2. The third-order valence-corrected chi connectivity index (χ3v) is 5.34. The van der Waals surface area contributed by atoms with Crippen LogP contribution in [0.25, 0.3) is 0 Å². The van der Waals surface area contributed by atoms with Gasteiger partial charge in [-0.1, -0.05) is 57.9 Å². The molecular weight excluding hydrogens is 412 g/mol. The molecule has 4 heteroatoms. The molecule has 0 N–H and O–H groups in total. The van der Waals surface area contributed by atoms with Crippen molar-refractivity contribution in [3.8, 4) is 11.5 Å². The van der Waals surface area contributed by atoms with Crippen molar-refractivity contribution < 1.29 is 9.47 Å². The van der Waals surface area contributed by atoms with E-state index in [-0.39, 0.29) is 6.10 Å². The summed E-state index contributed by atoms with van der Waals surface area (Å²) in [5.74, 6) is 1.83. The first kappa shape index (κ1) is 17.4. The molecule has 132 valence electrons. The van der Waals surface area contributed by atoms with E-state index < -0.39 is 0 Å². The molecule has 0 radical (unpaired) electrons. The summed E-state index contributed by atoms with van der Waals surface area (Å²) in [5, 5.41) is 0.784. The fraction of sp³-hybridized carbons (Fsp3) is 0.182. The Bertz CT molecular complexity index is 883. The zero-order chi connectivity index (χ0) is 17.9. The molecule has 1 heterocycles. The normalized spacial score (nSPS) is 15.4. The Morgan fingerprint density at radius 3 is 2.65 bits per heavy atom. The molecule has 26 heavy (non-hydrogen) atoms. The Morgan fingerprint density at radius 1 is 1.04 bits per heavy atom. The maximum atomic E-state index is 6.28. The second-order valence-electron chi connectivity index (χ2n) is 6.42. The average Bonchev–Trinajstić information content (AvgIpc) is 3.07. The van der Waals surface area contributed by atoms with Gasteiger partial charge in [-0.3, -0.25) is 0 Å². The molecule has 0 aliphatic carbocycles. The smallest absolute Gasteiger partial charge is 0.137 e. The molecule has 2 nitrogen and oxygen atoms in total. The second kappa shape index (κ2) is 7.73. The van der Waals surface area contributed by atoms with Crippen LogP contribution in [0, 0.1) is 0 Å². The van der Waals surface area contributed by atoms with E-state index in [0.717, 1.165) is 39.4 Å². The summed E-state index contributed by atoms with van der Waals surface area (Å²) in [7, 11) is 0. The van der Waals surface area contributed by atoms with Crippen molar-refractivity contribution in [1.29, 1.82) is 0 Å². The van der Waals surface area contributed by atoms with Gasteiger partial charge in [-0.05, 0) is 59.5 Å². The molecule has 0 unspecified atom stereocenters. The number of hydrogen-bond donors (Lipinski definition) is 0. The molecule has 0 saturated heterocycles. The van der Waals surface area contributed by atoms with Crippen molar-refractivity contribution >= 4 is 27.5 Å². The highest BCUT2D eigenvalue weighted by Gasteiger charge is 2.22. The lowest BCUT2D eigenvalue weighted by atomic mass is 10.0. The zero-order valence-corrected chi connectivity index (χ0v) is 16.5. The number of ether oxygens (including phenoxy) is 2. The van der Waals surface area contributed by atoms with E-state index in [9.17, 15) is 0 Å². The Morgan fingerprint density at radius 2 is 1.85 bits per heavy atom. The van der Waals surface area contributed by atoms with Gasteiger partial charge in [0, 0.05) is 15.9 Å². The van der Waals surface area contributed by atoms with E-state index in [0.29, 0.717) is 6.61 Å². The van der Waals surface area contributed by atoms with Crippen LogP contribution in [0.1, 0.15) is 16.7 Å². The lowest BCUT2D eigenvalue weighted by molar-refractivity contribution is 0.148. The molecular formula is C22H18BrClO2. The molecule has 3 aromatic rings. The van der Waals surface area contributed by atoms with E-state index in [1.807, 2.05) is 42.5 Å². The van der Waals surface area contributed by atoms with Gasteiger partial charge in [-0.25, -0.2) is 0 Å². The van der Waals surface area contributed by atoms with E-state index in [1.165, 1.54) is 11.1 Å². The van der Waals surface area contributed by atoms with Crippen LogP contribution in [0.3, 0.4) is 0 Å². The largest absolute Gasteiger partial charge is 0.490 e. The Kier molecular flexibility index (Phi) is 5.18. The monoisotopic (exact) mass is 428 g/mol. The molecule has 1 aliphatic rings. The van der Waals surface area contributed by atoms with Crippen molar-refractivity contribution in [3.05, 3.63) is 92.9 Å². The van der Waals surface area contributed by atoms with Crippen LogP contribution < -0.4 is 9.47 Å². The fourth-order valence-electron chi connectivity index (χ4n) is 3.14. The zero-order valence-electron chi connectivity index (χ0n) is 14.1. The summed E-state index contributed by atoms with van der Waals surface area (Å²) in [5.41, 5.74) is 3.55. The first-order chi connectivity index (χ1) is 12.7. The predicted octanol–water partition coefficient (Wildman–Crippen LogP) is 6.08. The predicted molar refractivity (Wildman–Crippen MR) is 108 cm³/mol. The topological polar surface area (TPSA) is 18.5 Å². The van der Waals surface area contributed by atoms with Crippen LogP contribution in [0.5, 0.6) is 11.5 Å². The number of benzene rings is 3. The number of fused-ring (bicyclic) bond motifs is 1. The van der Waals surface area contributed by atoms with Crippen molar-refractivity contribution in [2.24, 2.45) is 0 Å². The van der Waals surface area contributed by atoms with Crippen LogP contribution in [0.2, 0.25) is 5.02 Å². The lowest BCUT2D eigenvalue weighted by Gasteiger charge is -2.13. The summed E-state index contributed by atoms with van der Waals surface area (Å²) >= 11 is 9.77. The van der Waals surface area contributed by atoms with Crippen LogP contribution in [-0.4, -0.2) is 12.7 Å². The van der Waals surface area contributed by atoms with Gasteiger partial charge in [0.25, 0.3) is 0 Å². The van der Waals surface area contributed by atoms with Crippen molar-refractivity contribution in [1.82, 2.24) is 0 Å². The molecule has 0 amide bonds. The average molecular weight is 430 g/mol. The summed E-state index contributed by atoms with van der Waals surface area (Å²) in [6, 6.07) is 22.3. The van der Waals surface area contributed by atoms with Crippen molar-refractivity contribution in [2.75, 3.05) is 6.61 Å². The molecule has 1 atom stereocenters. The maximum Gasteiger partial charge on any atom is 0.137 e. The fourth-order valence-corrected chi connectivity index (χ4v) is 3.73. The molecule has 0 aromatic heterocycles. The van der Waals surface area contributed by atoms with Crippen LogP contribution in [0.4, 0.5) is 0 Å². The van der Waals surface area contributed by atoms with E-state index >= 15 is 0 Å². The minimum atomic E-state index is 0.0764. The molecule has 0 saturated carbocycles. The number of para-hydroxylation sites is 1. The lowest BCUT2D eigenvalue weighted by Crippen LogP contribution is -2.22. The summed E-state index contributed by atoms with van der Waals surface area (Å²) in [6.07, 6.45) is 1.77. The molecule has 4 rings (SSSR count). The van der Waals surface area contributed by atoms with Gasteiger partial charge in [0.2, 0.25) is 0 Å². The Balaban J connectivity index is 1.34. The first-order valence-electron chi connectivity index (χ1n) is 8.57. The SMILES string of the molecule is Clc1ccc(Br)cc1Cc1ccc(OC[C@@H]2Cc3ccccc3O2)cc1. The third-order valence-electron chi connectivity index (χ3n) is 4.48. The van der Waals surface area contributed by atoms with Crippen molar-refractivity contribution in [2.45, 2.75) is 18.9 Å². The minimum absolute atomic E-state index is 0.0764. The van der Waals surface area contributed by atoms with Crippen LogP contribution in [0.15, 0.2) is 71.2 Å². The summed E-state index contributed by atoms with van der Waals surface area (Å²) in [4.78, 5) is 0. The van der Waals surface area contributed by atoms with E-state index in [2.05, 4.69) is 40.2 Å². The summed E-state index contributed by atoms with van der Waals surface area (Å²) in [6.45, 7) is 0.547. The van der Waals surface area contributed by atoms with Crippen LogP contribution >= 0.6 is 27.5 Å². The van der Waals surface area contributed by atoms with Gasteiger partial charge in [0.15, 0.2) is 0 Å². The number of hydrogen-bond acceptors (Lipinski definition) is 2. The molecule has 0 bridgehead atoms. The van der Waals surface area contributed by atoms with Gasteiger partial charge in [-0.15, -0.1) is 0 Å². The van der Waals surface area contributed by atoms with Gasteiger partial charge in [0.1, 0.15) is 24.2 Å². The highest BCUT2D eigenvalue weighted by Crippen LogP contribution is 2.29. The quantitative estimate of drug-likeness (QED) is 0.489. The van der Waals surface area contributed by atoms with Crippen molar-refractivity contribution in [3.63, 3.8) is 0 Å². The van der Waals surface area contributed by atoms with Gasteiger partial charge in [0.05, 0.1) is 0 Å². The van der Waals surface area contributed by atoms with Gasteiger partial charge in [-0.2, -0.15) is 0 Å². The summed E-state index contributed by atoms with van der Waals surface area (Å²) < 4.78 is 12.9.